The third-order valence-electron chi connectivity index (χ3n) is 4.64. The third kappa shape index (κ3) is 6.14. The molecule has 0 amide bonds. The fourth-order valence-corrected chi connectivity index (χ4v) is 3.23. The molecular formula is C19H29IN6O2. The van der Waals surface area contributed by atoms with Crippen LogP contribution >= 0.6 is 24.0 Å². The van der Waals surface area contributed by atoms with Crippen LogP contribution in [0.2, 0.25) is 0 Å². The van der Waals surface area contributed by atoms with Gasteiger partial charge in [-0.05, 0) is 18.6 Å². The van der Waals surface area contributed by atoms with E-state index in [1.807, 2.05) is 41.9 Å². The summed E-state index contributed by atoms with van der Waals surface area (Å²) in [6.45, 7) is 4.53. The number of likely N-dealkylation sites (tertiary alicyclic amines) is 1. The highest BCUT2D eigenvalue weighted by atomic mass is 127. The summed E-state index contributed by atoms with van der Waals surface area (Å²) < 4.78 is 12.7. The van der Waals surface area contributed by atoms with Gasteiger partial charge in [0.25, 0.3) is 0 Å². The lowest BCUT2D eigenvalue weighted by atomic mass is 10.1. The lowest BCUT2D eigenvalue weighted by Crippen LogP contribution is -2.40. The van der Waals surface area contributed by atoms with Crippen LogP contribution in [-0.4, -0.2) is 72.7 Å². The van der Waals surface area contributed by atoms with Gasteiger partial charge in [0.15, 0.2) is 11.8 Å². The summed E-state index contributed by atoms with van der Waals surface area (Å²) in [6.07, 6.45) is 2.84. The number of aromatic nitrogens is 3. The van der Waals surface area contributed by atoms with Gasteiger partial charge in [-0.1, -0.05) is 18.2 Å². The molecule has 0 radical (unpaired) electrons. The van der Waals surface area contributed by atoms with Crippen molar-refractivity contribution in [2.24, 2.45) is 10.9 Å². The molecule has 28 heavy (non-hydrogen) atoms. The number of nitrogens with zero attached hydrogens (tertiary/aromatic N) is 5. The van der Waals surface area contributed by atoms with Crippen LogP contribution in [0.4, 0.5) is 0 Å². The molecule has 1 saturated heterocycles. The summed E-state index contributed by atoms with van der Waals surface area (Å²) in [5.74, 6) is 2.26. The summed E-state index contributed by atoms with van der Waals surface area (Å²) in [5.41, 5.74) is 1.05. The van der Waals surface area contributed by atoms with Crippen LogP contribution in [0.1, 0.15) is 12.2 Å². The predicted molar refractivity (Wildman–Crippen MR) is 119 cm³/mol. The first kappa shape index (κ1) is 22.6. The van der Waals surface area contributed by atoms with E-state index in [0.717, 1.165) is 43.6 Å². The number of methoxy groups -OCH3 is 1. The Kier molecular flexibility index (Phi) is 9.65. The number of benzene rings is 1. The monoisotopic (exact) mass is 500 g/mol. The Hall–Kier alpha value is -1.72. The Morgan fingerprint density at radius 2 is 2.11 bits per heavy atom. The van der Waals surface area contributed by atoms with Gasteiger partial charge in [-0.15, -0.1) is 34.2 Å². The van der Waals surface area contributed by atoms with Gasteiger partial charge in [-0.25, -0.2) is 0 Å². The summed E-state index contributed by atoms with van der Waals surface area (Å²) in [6, 6.07) is 10.1. The van der Waals surface area contributed by atoms with Crippen molar-refractivity contribution in [2.45, 2.75) is 13.0 Å². The maximum Gasteiger partial charge on any atom is 0.194 e. The van der Waals surface area contributed by atoms with E-state index in [4.69, 9.17) is 9.47 Å². The Morgan fingerprint density at radius 1 is 1.29 bits per heavy atom. The Labute approximate surface area is 183 Å². The van der Waals surface area contributed by atoms with E-state index in [-0.39, 0.29) is 24.0 Å². The number of halogens is 1. The summed E-state index contributed by atoms with van der Waals surface area (Å²) in [5, 5.41) is 11.7. The molecule has 1 atom stereocenters. The van der Waals surface area contributed by atoms with Crippen molar-refractivity contribution in [3.63, 3.8) is 0 Å². The normalized spacial score (nSPS) is 16.9. The average molecular weight is 500 g/mol. The van der Waals surface area contributed by atoms with Gasteiger partial charge in [0.1, 0.15) is 6.33 Å². The molecule has 3 rings (SSSR count). The summed E-state index contributed by atoms with van der Waals surface area (Å²) in [7, 11) is 3.50. The quantitative estimate of drug-likeness (QED) is 0.259. The molecule has 1 aliphatic heterocycles. The number of ether oxygens (including phenoxy) is 2. The molecule has 1 N–H and O–H groups in total. The van der Waals surface area contributed by atoms with Gasteiger partial charge < -0.3 is 19.7 Å². The number of hydrogen-bond donors (Lipinski definition) is 1. The first-order valence-electron chi connectivity index (χ1n) is 9.28. The minimum atomic E-state index is 0. The number of aliphatic imine (C=N–C) groups is 1. The molecule has 1 aliphatic rings. The van der Waals surface area contributed by atoms with Crippen molar-refractivity contribution >= 4 is 29.9 Å². The molecule has 2 aromatic rings. The van der Waals surface area contributed by atoms with Crippen molar-refractivity contribution in [3.05, 3.63) is 42.5 Å². The van der Waals surface area contributed by atoms with Crippen LogP contribution in [0, 0.1) is 5.92 Å². The highest BCUT2D eigenvalue weighted by Gasteiger charge is 2.25. The highest BCUT2D eigenvalue weighted by molar-refractivity contribution is 14.0. The smallest absolute Gasteiger partial charge is 0.194 e. The number of rotatable bonds is 8. The van der Waals surface area contributed by atoms with Crippen molar-refractivity contribution in [3.8, 4) is 5.69 Å². The molecule has 1 fully saturated rings. The average Bonchev–Trinajstić information content (AvgIpc) is 3.36. The summed E-state index contributed by atoms with van der Waals surface area (Å²) in [4.78, 5) is 6.70. The number of hydrogen-bond acceptors (Lipinski definition) is 5. The van der Waals surface area contributed by atoms with Crippen molar-refractivity contribution < 1.29 is 9.47 Å². The van der Waals surface area contributed by atoms with E-state index in [2.05, 4.69) is 25.4 Å². The molecule has 0 saturated carbocycles. The molecule has 8 nitrogen and oxygen atoms in total. The largest absolute Gasteiger partial charge is 0.382 e. The minimum absolute atomic E-state index is 0. The first-order valence-corrected chi connectivity index (χ1v) is 9.28. The highest BCUT2D eigenvalue weighted by Crippen LogP contribution is 2.17. The number of guanidine groups is 1. The lowest BCUT2D eigenvalue weighted by molar-refractivity contribution is 0.0536. The van der Waals surface area contributed by atoms with Crippen LogP contribution in [0.3, 0.4) is 0 Å². The molecule has 0 bridgehead atoms. The second-order valence-electron chi connectivity index (χ2n) is 6.52. The predicted octanol–water partition coefficient (Wildman–Crippen LogP) is 1.95. The summed E-state index contributed by atoms with van der Waals surface area (Å²) >= 11 is 0. The first-order chi connectivity index (χ1) is 13.3. The van der Waals surface area contributed by atoms with Gasteiger partial charge in [0.05, 0.1) is 26.4 Å². The van der Waals surface area contributed by atoms with Crippen LogP contribution in [0.5, 0.6) is 0 Å². The maximum absolute atomic E-state index is 5.67. The standard InChI is InChI=1S/C19H28N6O2.HI/c1-20-19(24-9-8-16(13-24)14-27-11-10-26-2)21-12-18-23-22-15-25(18)17-6-4-3-5-7-17;/h3-7,15-16H,8-14H2,1-2H3,(H,20,21);1H. The Morgan fingerprint density at radius 3 is 2.86 bits per heavy atom. The zero-order valence-corrected chi connectivity index (χ0v) is 18.8. The van der Waals surface area contributed by atoms with E-state index in [0.29, 0.717) is 25.7 Å². The molecule has 9 heteroatoms. The molecule has 1 aromatic carbocycles. The van der Waals surface area contributed by atoms with Crippen LogP contribution in [-0.2, 0) is 16.0 Å². The van der Waals surface area contributed by atoms with E-state index in [1.165, 1.54) is 0 Å². The molecule has 1 aromatic heterocycles. The van der Waals surface area contributed by atoms with E-state index in [9.17, 15) is 0 Å². The lowest BCUT2D eigenvalue weighted by Gasteiger charge is -2.21. The van der Waals surface area contributed by atoms with E-state index < -0.39 is 0 Å². The maximum atomic E-state index is 5.67. The second kappa shape index (κ2) is 12.0. The number of nitrogens with one attached hydrogen (secondary N) is 1. The van der Waals surface area contributed by atoms with Crippen molar-refractivity contribution in [2.75, 3.05) is 47.1 Å². The van der Waals surface area contributed by atoms with Crippen molar-refractivity contribution in [1.29, 1.82) is 0 Å². The molecule has 2 heterocycles. The van der Waals surface area contributed by atoms with Crippen LogP contribution in [0.15, 0.2) is 41.7 Å². The topological polar surface area (TPSA) is 76.8 Å². The molecule has 0 aliphatic carbocycles. The minimum Gasteiger partial charge on any atom is -0.382 e. The van der Waals surface area contributed by atoms with Crippen molar-refractivity contribution in [1.82, 2.24) is 25.0 Å². The fraction of sp³-hybridized carbons (Fsp3) is 0.526. The van der Waals surface area contributed by atoms with Gasteiger partial charge in [0.2, 0.25) is 0 Å². The van der Waals surface area contributed by atoms with Gasteiger partial charge >= 0.3 is 0 Å². The van der Waals surface area contributed by atoms with Gasteiger partial charge in [-0.2, -0.15) is 0 Å². The molecular weight excluding hydrogens is 471 g/mol. The van der Waals surface area contributed by atoms with Crippen LogP contribution < -0.4 is 5.32 Å². The molecule has 154 valence electrons. The SMILES string of the molecule is CN=C(NCc1nncn1-c1ccccc1)N1CCC(COCCOC)C1.I. The molecule has 0 spiro atoms. The fourth-order valence-electron chi connectivity index (χ4n) is 3.23. The van der Waals surface area contributed by atoms with E-state index in [1.54, 1.807) is 13.4 Å². The third-order valence-corrected chi connectivity index (χ3v) is 4.64. The second-order valence-corrected chi connectivity index (χ2v) is 6.52. The van der Waals surface area contributed by atoms with Gasteiger partial charge in [-0.3, -0.25) is 9.56 Å². The van der Waals surface area contributed by atoms with Gasteiger partial charge in [0, 0.05) is 38.9 Å². The zero-order valence-electron chi connectivity index (χ0n) is 16.5. The van der Waals surface area contributed by atoms with E-state index >= 15 is 0 Å². The Balaban J connectivity index is 0.00000280. The number of para-hydroxylation sites is 1. The Bertz CT molecular complexity index is 724. The zero-order chi connectivity index (χ0) is 18.9. The molecule has 1 unspecified atom stereocenters. The van der Waals surface area contributed by atoms with Crippen LogP contribution in [0.25, 0.3) is 5.69 Å².